The normalized spacial score (nSPS) is 11.8. The number of carbonyl (C=O) groups excluding carboxylic acids is 2. The van der Waals surface area contributed by atoms with Crippen molar-refractivity contribution >= 4 is 28.6 Å². The average Bonchev–Trinajstić information content (AvgIpc) is 2.60. The van der Waals surface area contributed by atoms with Crippen molar-refractivity contribution in [1.82, 2.24) is 9.97 Å². The van der Waals surface area contributed by atoms with Gasteiger partial charge in [0.1, 0.15) is 5.52 Å². The van der Waals surface area contributed by atoms with Crippen LogP contribution in [0.3, 0.4) is 0 Å². The van der Waals surface area contributed by atoms with Gasteiger partial charge in [-0.1, -0.05) is 12.1 Å². The van der Waals surface area contributed by atoms with Gasteiger partial charge < -0.3 is 10.1 Å². The van der Waals surface area contributed by atoms with Crippen LogP contribution in [0.25, 0.3) is 11.0 Å². The highest BCUT2D eigenvalue weighted by Crippen LogP contribution is 2.17. The van der Waals surface area contributed by atoms with E-state index >= 15 is 0 Å². The molecule has 0 aliphatic carbocycles. The van der Waals surface area contributed by atoms with Crippen LogP contribution in [0.5, 0.6) is 0 Å². The molecule has 0 saturated carbocycles. The van der Waals surface area contributed by atoms with E-state index in [-0.39, 0.29) is 5.56 Å². The molecule has 1 amide bonds. The van der Waals surface area contributed by atoms with E-state index in [1.54, 1.807) is 24.4 Å². The number of hydrogen-bond acceptors (Lipinski definition) is 5. The summed E-state index contributed by atoms with van der Waals surface area (Å²) < 4.78 is 5.32. The first-order valence-electron chi connectivity index (χ1n) is 8.24. The van der Waals surface area contributed by atoms with Gasteiger partial charge in [-0.2, -0.15) is 0 Å². The molecular weight excluding hydrogens is 330 g/mol. The van der Waals surface area contributed by atoms with Crippen molar-refractivity contribution in [2.24, 2.45) is 0 Å². The fourth-order valence-corrected chi connectivity index (χ4v) is 2.73. The molecule has 0 aliphatic rings. The second-order valence-electron chi connectivity index (χ2n) is 6.14. The lowest BCUT2D eigenvalue weighted by Crippen LogP contribution is -2.30. The summed E-state index contributed by atoms with van der Waals surface area (Å²) in [6.45, 7) is 5.44. The van der Waals surface area contributed by atoms with Crippen LogP contribution in [-0.2, 0) is 9.53 Å². The predicted molar refractivity (Wildman–Crippen MR) is 99.0 cm³/mol. The quantitative estimate of drug-likeness (QED) is 0.730. The lowest BCUT2D eigenvalue weighted by atomic mass is 10.1. The summed E-state index contributed by atoms with van der Waals surface area (Å²) in [6.07, 6.45) is 2.11. The van der Waals surface area contributed by atoms with E-state index in [1.165, 1.54) is 13.1 Å². The molecule has 1 unspecified atom stereocenters. The zero-order valence-electron chi connectivity index (χ0n) is 14.8. The third kappa shape index (κ3) is 3.85. The van der Waals surface area contributed by atoms with Crippen LogP contribution in [0.15, 0.2) is 48.8 Å². The number of nitrogens with one attached hydrogen (secondary N) is 1. The number of esters is 1. The molecule has 1 atom stereocenters. The van der Waals surface area contributed by atoms with Gasteiger partial charge in [-0.05, 0) is 56.2 Å². The van der Waals surface area contributed by atoms with Crippen LogP contribution in [0.4, 0.5) is 5.69 Å². The maximum atomic E-state index is 12.5. The van der Waals surface area contributed by atoms with Crippen molar-refractivity contribution in [2.45, 2.75) is 26.9 Å². The second kappa shape index (κ2) is 7.31. The molecule has 2 aromatic carbocycles. The molecule has 26 heavy (non-hydrogen) atoms. The summed E-state index contributed by atoms with van der Waals surface area (Å²) in [5.74, 6) is -1.01. The van der Waals surface area contributed by atoms with Crippen LogP contribution in [0, 0.1) is 13.8 Å². The number of aryl methyl sites for hydroxylation is 2. The van der Waals surface area contributed by atoms with Crippen LogP contribution >= 0.6 is 0 Å². The van der Waals surface area contributed by atoms with Crippen molar-refractivity contribution in [2.75, 3.05) is 5.32 Å². The SMILES string of the molecule is Cc1cc(C)cc(NC(=O)C(C)OC(=O)c2cccc3nccnc23)c1. The van der Waals surface area contributed by atoms with E-state index in [4.69, 9.17) is 4.74 Å². The Balaban J connectivity index is 1.73. The Morgan fingerprint density at radius 2 is 1.73 bits per heavy atom. The molecule has 0 spiro atoms. The zero-order valence-corrected chi connectivity index (χ0v) is 14.8. The van der Waals surface area contributed by atoms with Gasteiger partial charge in [-0.25, -0.2) is 4.79 Å². The molecule has 6 heteroatoms. The van der Waals surface area contributed by atoms with Gasteiger partial charge in [-0.15, -0.1) is 0 Å². The van der Waals surface area contributed by atoms with E-state index in [9.17, 15) is 9.59 Å². The number of anilines is 1. The van der Waals surface area contributed by atoms with Crippen LogP contribution in [0.1, 0.15) is 28.4 Å². The van der Waals surface area contributed by atoms with E-state index in [0.29, 0.717) is 16.7 Å². The maximum absolute atomic E-state index is 12.5. The van der Waals surface area contributed by atoms with E-state index in [1.807, 2.05) is 32.0 Å². The summed E-state index contributed by atoms with van der Waals surface area (Å²) in [6, 6.07) is 10.8. The van der Waals surface area contributed by atoms with Gasteiger partial charge in [0.2, 0.25) is 0 Å². The highest BCUT2D eigenvalue weighted by atomic mass is 16.5. The van der Waals surface area contributed by atoms with Gasteiger partial charge in [0, 0.05) is 18.1 Å². The van der Waals surface area contributed by atoms with Gasteiger partial charge in [0.25, 0.3) is 5.91 Å². The lowest BCUT2D eigenvalue weighted by Gasteiger charge is -2.14. The Labute approximate surface area is 151 Å². The predicted octanol–water partition coefficient (Wildman–Crippen LogP) is 3.43. The molecule has 1 aromatic heterocycles. The molecule has 0 saturated heterocycles. The Bertz CT molecular complexity index is 959. The largest absolute Gasteiger partial charge is 0.449 e. The van der Waals surface area contributed by atoms with Crippen LogP contribution < -0.4 is 5.32 Å². The Kier molecular flexibility index (Phi) is 4.93. The third-order valence-corrected chi connectivity index (χ3v) is 3.86. The summed E-state index contributed by atoms with van der Waals surface area (Å²) in [5.41, 5.74) is 4.07. The van der Waals surface area contributed by atoms with Crippen molar-refractivity contribution in [1.29, 1.82) is 0 Å². The van der Waals surface area contributed by atoms with E-state index in [2.05, 4.69) is 15.3 Å². The third-order valence-electron chi connectivity index (χ3n) is 3.86. The Hall–Kier alpha value is -3.28. The highest BCUT2D eigenvalue weighted by Gasteiger charge is 2.21. The molecule has 3 aromatic rings. The molecule has 3 rings (SSSR count). The number of carbonyl (C=O) groups is 2. The topological polar surface area (TPSA) is 81.2 Å². The van der Waals surface area contributed by atoms with Gasteiger partial charge >= 0.3 is 5.97 Å². The van der Waals surface area contributed by atoms with Crippen molar-refractivity contribution < 1.29 is 14.3 Å². The number of benzene rings is 2. The molecule has 6 nitrogen and oxygen atoms in total. The smallest absolute Gasteiger partial charge is 0.341 e. The van der Waals surface area contributed by atoms with E-state index < -0.39 is 18.0 Å². The van der Waals surface area contributed by atoms with Crippen molar-refractivity contribution in [3.05, 3.63) is 65.5 Å². The number of para-hydroxylation sites is 1. The van der Waals surface area contributed by atoms with Gasteiger partial charge in [0.15, 0.2) is 6.10 Å². The van der Waals surface area contributed by atoms with Crippen LogP contribution in [-0.4, -0.2) is 27.9 Å². The zero-order chi connectivity index (χ0) is 18.7. The first kappa shape index (κ1) is 17.5. The van der Waals surface area contributed by atoms with Crippen LogP contribution in [0.2, 0.25) is 0 Å². The molecule has 0 radical (unpaired) electrons. The first-order valence-corrected chi connectivity index (χ1v) is 8.24. The molecule has 1 heterocycles. The summed E-state index contributed by atoms with van der Waals surface area (Å²) in [7, 11) is 0. The standard InChI is InChI=1S/C20H19N3O3/c1-12-9-13(2)11-15(10-12)23-19(24)14(3)26-20(25)16-5-4-6-17-18(16)22-8-7-21-17/h4-11,14H,1-3H3,(H,23,24). The molecule has 0 aliphatic heterocycles. The maximum Gasteiger partial charge on any atom is 0.341 e. The fourth-order valence-electron chi connectivity index (χ4n) is 2.73. The Morgan fingerprint density at radius 1 is 1.04 bits per heavy atom. The van der Waals surface area contributed by atoms with E-state index in [0.717, 1.165) is 11.1 Å². The summed E-state index contributed by atoms with van der Waals surface area (Å²) in [5, 5.41) is 2.77. The number of nitrogens with zero attached hydrogens (tertiary/aromatic N) is 2. The minimum absolute atomic E-state index is 0.279. The van der Waals surface area contributed by atoms with Gasteiger partial charge in [0.05, 0.1) is 11.1 Å². The summed E-state index contributed by atoms with van der Waals surface area (Å²) in [4.78, 5) is 33.2. The first-order chi connectivity index (χ1) is 12.4. The minimum atomic E-state index is -0.949. The number of ether oxygens (including phenoxy) is 1. The number of rotatable bonds is 4. The molecule has 0 bridgehead atoms. The molecular formula is C20H19N3O3. The fraction of sp³-hybridized carbons (Fsp3) is 0.200. The lowest BCUT2D eigenvalue weighted by molar-refractivity contribution is -0.123. The second-order valence-corrected chi connectivity index (χ2v) is 6.14. The monoisotopic (exact) mass is 349 g/mol. The highest BCUT2D eigenvalue weighted by molar-refractivity contribution is 6.03. The summed E-state index contributed by atoms with van der Waals surface area (Å²) >= 11 is 0. The minimum Gasteiger partial charge on any atom is -0.449 e. The molecule has 1 N–H and O–H groups in total. The number of fused-ring (bicyclic) bond motifs is 1. The number of amides is 1. The number of hydrogen-bond donors (Lipinski definition) is 1. The average molecular weight is 349 g/mol. The molecule has 132 valence electrons. The Morgan fingerprint density at radius 3 is 2.46 bits per heavy atom. The van der Waals surface area contributed by atoms with Crippen molar-refractivity contribution in [3.63, 3.8) is 0 Å². The molecule has 0 fully saturated rings. The van der Waals surface area contributed by atoms with Gasteiger partial charge in [-0.3, -0.25) is 14.8 Å². The number of aromatic nitrogens is 2. The van der Waals surface area contributed by atoms with Crippen molar-refractivity contribution in [3.8, 4) is 0 Å².